The lowest BCUT2D eigenvalue weighted by molar-refractivity contribution is 0.233. The zero-order valence-corrected chi connectivity index (χ0v) is 14.3. The van der Waals surface area contributed by atoms with Crippen molar-refractivity contribution in [3.8, 4) is 5.75 Å². The van der Waals surface area contributed by atoms with Gasteiger partial charge in [-0.2, -0.15) is 0 Å². The Morgan fingerprint density at radius 1 is 1.17 bits per heavy atom. The molecule has 2 atom stereocenters. The Hall–Kier alpha value is -1.11. The van der Waals surface area contributed by atoms with Gasteiger partial charge in [0.05, 0.1) is 18.4 Å². The molecule has 1 aromatic rings. The molecule has 0 spiro atoms. The van der Waals surface area contributed by atoms with Crippen LogP contribution in [0.5, 0.6) is 5.75 Å². The topological polar surface area (TPSA) is 58.6 Å². The van der Waals surface area contributed by atoms with Crippen molar-refractivity contribution < 1.29 is 13.2 Å². The molecule has 23 heavy (non-hydrogen) atoms. The smallest absolute Gasteiger partial charge is 0.214 e. The molecule has 1 saturated heterocycles. The van der Waals surface area contributed by atoms with Gasteiger partial charge in [0, 0.05) is 18.6 Å². The van der Waals surface area contributed by atoms with E-state index in [0.717, 1.165) is 37.1 Å². The third kappa shape index (κ3) is 3.12. The Morgan fingerprint density at radius 2 is 1.96 bits per heavy atom. The molecule has 0 aromatic heterocycles. The molecule has 1 heterocycles. The fraction of sp³-hybridized carbons (Fsp3) is 0.647. The minimum absolute atomic E-state index is 0.0340. The van der Waals surface area contributed by atoms with E-state index in [0.29, 0.717) is 6.04 Å². The summed E-state index contributed by atoms with van der Waals surface area (Å²) in [7, 11) is -1.50. The van der Waals surface area contributed by atoms with Gasteiger partial charge in [-0.3, -0.25) is 4.90 Å². The van der Waals surface area contributed by atoms with Crippen molar-refractivity contribution in [3.63, 3.8) is 0 Å². The van der Waals surface area contributed by atoms with E-state index in [1.165, 1.54) is 12.8 Å². The van der Waals surface area contributed by atoms with Crippen molar-refractivity contribution in [1.29, 1.82) is 0 Å². The number of rotatable bonds is 6. The fourth-order valence-corrected chi connectivity index (χ4v) is 5.31. The number of sulfonamides is 1. The predicted molar refractivity (Wildman–Crippen MR) is 88.9 cm³/mol. The Morgan fingerprint density at radius 3 is 2.61 bits per heavy atom. The zero-order chi connectivity index (χ0) is 16.0. The van der Waals surface area contributed by atoms with Gasteiger partial charge in [-0.05, 0) is 49.8 Å². The van der Waals surface area contributed by atoms with Crippen molar-refractivity contribution >= 4 is 10.0 Å². The highest BCUT2D eigenvalue weighted by Crippen LogP contribution is 2.42. The largest absolute Gasteiger partial charge is 0.497 e. The Balaban J connectivity index is 1.62. The van der Waals surface area contributed by atoms with E-state index in [1.54, 1.807) is 7.11 Å². The molecule has 2 unspecified atom stereocenters. The van der Waals surface area contributed by atoms with Crippen molar-refractivity contribution in [2.24, 2.45) is 0 Å². The predicted octanol–water partition coefficient (Wildman–Crippen LogP) is 2.05. The zero-order valence-electron chi connectivity index (χ0n) is 13.4. The molecule has 6 heteroatoms. The van der Waals surface area contributed by atoms with Gasteiger partial charge in [0.2, 0.25) is 10.0 Å². The van der Waals surface area contributed by atoms with Gasteiger partial charge in [0.15, 0.2) is 0 Å². The highest BCUT2D eigenvalue weighted by Gasteiger charge is 2.46. The van der Waals surface area contributed by atoms with Crippen LogP contribution in [0.1, 0.15) is 43.7 Å². The van der Waals surface area contributed by atoms with Gasteiger partial charge in [0.25, 0.3) is 0 Å². The molecule has 1 N–H and O–H groups in total. The summed E-state index contributed by atoms with van der Waals surface area (Å²) in [6, 6.07) is 8.75. The van der Waals surface area contributed by atoms with Crippen LogP contribution in [0.15, 0.2) is 24.3 Å². The maximum absolute atomic E-state index is 12.4. The molecular formula is C17H24N2O3S. The van der Waals surface area contributed by atoms with Crippen LogP contribution in [0.25, 0.3) is 0 Å². The second kappa shape index (κ2) is 5.76. The molecule has 2 saturated carbocycles. The average Bonchev–Trinajstić information content (AvgIpc) is 3.44. The Kier molecular flexibility index (Phi) is 3.86. The second-order valence-electron chi connectivity index (χ2n) is 6.95. The van der Waals surface area contributed by atoms with E-state index >= 15 is 0 Å². The summed E-state index contributed by atoms with van der Waals surface area (Å²) in [5.74, 6) is 0.828. The first-order valence-corrected chi connectivity index (χ1v) is 10.0. The summed E-state index contributed by atoms with van der Waals surface area (Å²) in [5, 5.41) is -0.163. The third-order valence-corrected chi connectivity index (χ3v) is 7.15. The van der Waals surface area contributed by atoms with Crippen LogP contribution < -0.4 is 9.46 Å². The summed E-state index contributed by atoms with van der Waals surface area (Å²) >= 11 is 0. The SMILES string of the molecule is COc1cccc(C2C(NS(=O)(=O)C3CC3)CCN2C2CC2)c1. The molecule has 4 rings (SSSR count). The Labute approximate surface area is 138 Å². The lowest BCUT2D eigenvalue weighted by atomic mass is 10.0. The molecule has 0 amide bonds. The van der Waals surface area contributed by atoms with E-state index in [1.807, 2.05) is 18.2 Å². The minimum Gasteiger partial charge on any atom is -0.497 e. The van der Waals surface area contributed by atoms with Gasteiger partial charge in [-0.1, -0.05) is 12.1 Å². The summed E-state index contributed by atoms with van der Waals surface area (Å²) in [6.45, 7) is 0.963. The number of methoxy groups -OCH3 is 1. The summed E-state index contributed by atoms with van der Waals surface area (Å²) in [4.78, 5) is 2.48. The van der Waals surface area contributed by atoms with Crippen LogP contribution in [0.3, 0.4) is 0 Å². The fourth-order valence-electron chi connectivity index (χ4n) is 3.69. The van der Waals surface area contributed by atoms with Gasteiger partial charge in [-0.25, -0.2) is 13.1 Å². The normalized spacial score (nSPS) is 28.9. The molecule has 0 bridgehead atoms. The number of benzene rings is 1. The number of likely N-dealkylation sites (tertiary alicyclic amines) is 1. The molecular weight excluding hydrogens is 312 g/mol. The molecule has 0 radical (unpaired) electrons. The van der Waals surface area contributed by atoms with Crippen LogP contribution in [0, 0.1) is 0 Å². The monoisotopic (exact) mass is 336 g/mol. The lowest BCUT2D eigenvalue weighted by Crippen LogP contribution is -2.41. The molecule has 3 aliphatic rings. The molecule has 126 valence electrons. The minimum atomic E-state index is -3.16. The van der Waals surface area contributed by atoms with Crippen molar-refractivity contribution in [3.05, 3.63) is 29.8 Å². The summed E-state index contributed by atoms with van der Waals surface area (Å²) < 4.78 is 33.1. The Bertz CT molecular complexity index is 683. The molecule has 1 aliphatic heterocycles. The van der Waals surface area contributed by atoms with Gasteiger partial charge in [0.1, 0.15) is 5.75 Å². The quantitative estimate of drug-likeness (QED) is 0.864. The number of hydrogen-bond donors (Lipinski definition) is 1. The third-order valence-electron chi connectivity index (χ3n) is 5.17. The van der Waals surface area contributed by atoms with Crippen LogP contribution >= 0.6 is 0 Å². The molecule has 2 aliphatic carbocycles. The first-order chi connectivity index (χ1) is 11.1. The van der Waals surface area contributed by atoms with Crippen LogP contribution in [0.2, 0.25) is 0 Å². The molecule has 5 nitrogen and oxygen atoms in total. The maximum atomic E-state index is 12.4. The van der Waals surface area contributed by atoms with Gasteiger partial charge < -0.3 is 4.74 Å². The average molecular weight is 336 g/mol. The lowest BCUT2D eigenvalue weighted by Gasteiger charge is -2.29. The van der Waals surface area contributed by atoms with Crippen LogP contribution in [-0.4, -0.2) is 44.3 Å². The molecule has 3 fully saturated rings. The van der Waals surface area contributed by atoms with Crippen molar-refractivity contribution in [1.82, 2.24) is 9.62 Å². The van der Waals surface area contributed by atoms with Crippen LogP contribution in [-0.2, 0) is 10.0 Å². The van der Waals surface area contributed by atoms with Gasteiger partial charge >= 0.3 is 0 Å². The van der Waals surface area contributed by atoms with E-state index < -0.39 is 10.0 Å². The van der Waals surface area contributed by atoms with E-state index in [2.05, 4.69) is 15.7 Å². The number of nitrogens with zero attached hydrogens (tertiary/aromatic N) is 1. The van der Waals surface area contributed by atoms with E-state index in [4.69, 9.17) is 4.74 Å². The van der Waals surface area contributed by atoms with E-state index in [-0.39, 0.29) is 17.3 Å². The first kappa shape index (κ1) is 15.4. The number of ether oxygens (including phenoxy) is 1. The highest BCUT2D eigenvalue weighted by atomic mass is 32.2. The number of nitrogens with one attached hydrogen (secondary N) is 1. The second-order valence-corrected chi connectivity index (χ2v) is 8.94. The standard InChI is InChI=1S/C17H24N2O3S/c1-22-14-4-2-3-12(11-14)17-16(9-10-19(17)13-5-6-13)18-23(20,21)15-7-8-15/h2-4,11,13,15-18H,5-10H2,1H3. The summed E-state index contributed by atoms with van der Waals surface area (Å²) in [5.41, 5.74) is 1.15. The van der Waals surface area contributed by atoms with Crippen LogP contribution in [0.4, 0.5) is 0 Å². The van der Waals surface area contributed by atoms with E-state index in [9.17, 15) is 8.42 Å². The van der Waals surface area contributed by atoms with Crippen molar-refractivity contribution in [2.75, 3.05) is 13.7 Å². The molecule has 1 aromatic carbocycles. The van der Waals surface area contributed by atoms with Crippen molar-refractivity contribution in [2.45, 2.75) is 55.5 Å². The first-order valence-electron chi connectivity index (χ1n) is 8.49. The maximum Gasteiger partial charge on any atom is 0.214 e. The number of hydrogen-bond acceptors (Lipinski definition) is 4. The van der Waals surface area contributed by atoms with Gasteiger partial charge in [-0.15, -0.1) is 0 Å². The summed E-state index contributed by atoms with van der Waals surface area (Å²) in [6.07, 6.45) is 4.94. The highest BCUT2D eigenvalue weighted by molar-refractivity contribution is 7.90.